The average Bonchev–Trinajstić information content (AvgIpc) is 2.52. The van der Waals surface area contributed by atoms with Crippen molar-refractivity contribution in [1.29, 1.82) is 0 Å². The fourth-order valence-electron chi connectivity index (χ4n) is 3.15. The van der Waals surface area contributed by atoms with Crippen molar-refractivity contribution in [2.45, 2.75) is 39.7 Å². The second-order valence-corrected chi connectivity index (χ2v) is 7.23. The van der Waals surface area contributed by atoms with E-state index in [1.807, 2.05) is 0 Å². The number of benzene rings is 1. The van der Waals surface area contributed by atoms with E-state index < -0.39 is 22.3 Å². The highest BCUT2D eigenvalue weighted by atomic mass is 16.6. The fourth-order valence-corrected chi connectivity index (χ4v) is 3.15. The second-order valence-electron chi connectivity index (χ2n) is 7.23. The number of hydrogen-bond acceptors (Lipinski definition) is 5. The van der Waals surface area contributed by atoms with Gasteiger partial charge in [0.1, 0.15) is 0 Å². The number of phenolic OH excluding ortho intramolecular Hbond substituents is 1. The molecule has 1 aromatic rings. The smallest absolute Gasteiger partial charge is 0.311 e. The maximum atomic E-state index is 12.3. The van der Waals surface area contributed by atoms with Crippen LogP contribution in [-0.2, 0) is 4.74 Å². The molecule has 2 rings (SSSR count). The Labute approximate surface area is 141 Å². The van der Waals surface area contributed by atoms with Crippen LogP contribution in [0.3, 0.4) is 0 Å². The van der Waals surface area contributed by atoms with Crippen LogP contribution < -0.4 is 5.32 Å². The van der Waals surface area contributed by atoms with Crippen molar-refractivity contribution >= 4 is 11.6 Å². The summed E-state index contributed by atoms with van der Waals surface area (Å²) in [6, 6.07) is 3.62. The van der Waals surface area contributed by atoms with Gasteiger partial charge in [0.15, 0.2) is 5.75 Å². The largest absolute Gasteiger partial charge is 0.502 e. The van der Waals surface area contributed by atoms with E-state index >= 15 is 0 Å². The molecule has 0 radical (unpaired) electrons. The lowest BCUT2D eigenvalue weighted by atomic mass is 9.78. The summed E-state index contributed by atoms with van der Waals surface area (Å²) >= 11 is 0. The molecule has 132 valence electrons. The topological polar surface area (TPSA) is 102 Å². The van der Waals surface area contributed by atoms with Crippen LogP contribution in [0.5, 0.6) is 5.75 Å². The molecular formula is C17H24N2O5. The third kappa shape index (κ3) is 4.23. The maximum Gasteiger partial charge on any atom is 0.311 e. The highest BCUT2D eigenvalue weighted by Crippen LogP contribution is 2.33. The van der Waals surface area contributed by atoms with Crippen molar-refractivity contribution in [1.82, 2.24) is 5.32 Å². The lowest BCUT2D eigenvalue weighted by Crippen LogP contribution is -2.45. The molecule has 7 heteroatoms. The molecule has 2 atom stereocenters. The van der Waals surface area contributed by atoms with Crippen LogP contribution in [0.15, 0.2) is 18.2 Å². The number of aromatic hydroxyl groups is 1. The van der Waals surface area contributed by atoms with Gasteiger partial charge >= 0.3 is 5.69 Å². The molecule has 1 amide bonds. The van der Waals surface area contributed by atoms with Gasteiger partial charge in [0, 0.05) is 30.7 Å². The highest BCUT2D eigenvalue weighted by Gasteiger charge is 2.35. The summed E-state index contributed by atoms with van der Waals surface area (Å²) in [5.74, 6) is -0.642. The Kier molecular flexibility index (Phi) is 5.43. The molecule has 0 unspecified atom stereocenters. The molecule has 1 saturated heterocycles. The summed E-state index contributed by atoms with van der Waals surface area (Å²) in [5, 5.41) is 23.1. The number of hydrogen-bond donors (Lipinski definition) is 2. The lowest BCUT2D eigenvalue weighted by Gasteiger charge is -2.40. The Balaban J connectivity index is 2.04. The highest BCUT2D eigenvalue weighted by molar-refractivity contribution is 5.95. The number of carbonyl (C=O) groups is 1. The summed E-state index contributed by atoms with van der Waals surface area (Å²) < 4.78 is 5.89. The Hall–Kier alpha value is -2.15. The Bertz CT molecular complexity index is 624. The zero-order valence-electron chi connectivity index (χ0n) is 14.2. The monoisotopic (exact) mass is 336 g/mol. The minimum absolute atomic E-state index is 0.0207. The molecule has 2 N–H and O–H groups in total. The summed E-state index contributed by atoms with van der Waals surface area (Å²) in [6.07, 6.45) is 1.98. The second kappa shape index (κ2) is 7.17. The van der Waals surface area contributed by atoms with Gasteiger partial charge in [0.25, 0.3) is 5.91 Å². The van der Waals surface area contributed by atoms with E-state index in [1.54, 1.807) is 0 Å². The number of carbonyl (C=O) groups excluding carboxylic acids is 1. The van der Waals surface area contributed by atoms with E-state index in [-0.39, 0.29) is 23.0 Å². The first-order valence-electron chi connectivity index (χ1n) is 8.07. The van der Waals surface area contributed by atoms with Crippen molar-refractivity contribution in [2.75, 3.05) is 13.2 Å². The minimum atomic E-state index is -0.712. The normalized spacial score (nSPS) is 21.3. The molecule has 0 aliphatic carbocycles. The number of amides is 1. The molecule has 1 fully saturated rings. The molecular weight excluding hydrogens is 312 g/mol. The lowest BCUT2D eigenvalue weighted by molar-refractivity contribution is -0.385. The zero-order chi connectivity index (χ0) is 17.9. The van der Waals surface area contributed by atoms with Crippen LogP contribution in [0.2, 0.25) is 0 Å². The molecule has 1 aromatic carbocycles. The van der Waals surface area contributed by atoms with Gasteiger partial charge in [0.2, 0.25) is 0 Å². The van der Waals surface area contributed by atoms with E-state index in [2.05, 4.69) is 26.1 Å². The quantitative estimate of drug-likeness (QED) is 0.650. The number of phenols is 1. The number of nitrogens with one attached hydrogen (secondary N) is 1. The molecule has 0 spiro atoms. The van der Waals surface area contributed by atoms with Crippen LogP contribution in [0.25, 0.3) is 0 Å². The number of nitrogens with zero attached hydrogens (tertiary/aromatic N) is 1. The standard InChI is InChI=1S/C17H24N2O5/c1-17(2,3)15-12(5-4-8-24-15)10-18-16(21)11-6-7-14(20)13(9-11)19(22)23/h6-7,9,12,15,20H,4-5,8,10H2,1-3H3,(H,18,21)/t12-,15-/m1/s1. The summed E-state index contributed by atoms with van der Waals surface area (Å²) in [6.45, 7) is 7.52. The molecule has 1 aliphatic heterocycles. The average molecular weight is 336 g/mol. The molecule has 0 aromatic heterocycles. The first-order valence-corrected chi connectivity index (χ1v) is 8.07. The molecule has 0 bridgehead atoms. The number of ether oxygens (including phenoxy) is 1. The van der Waals surface area contributed by atoms with Crippen molar-refractivity contribution in [3.05, 3.63) is 33.9 Å². The first-order chi connectivity index (χ1) is 11.2. The van der Waals surface area contributed by atoms with Gasteiger partial charge in [-0.3, -0.25) is 14.9 Å². The van der Waals surface area contributed by atoms with E-state index in [0.717, 1.165) is 31.6 Å². The van der Waals surface area contributed by atoms with Gasteiger partial charge in [0.05, 0.1) is 11.0 Å². The van der Waals surface area contributed by atoms with Crippen LogP contribution in [-0.4, -0.2) is 35.2 Å². The van der Waals surface area contributed by atoms with Gasteiger partial charge in [-0.1, -0.05) is 20.8 Å². The summed E-state index contributed by atoms with van der Waals surface area (Å²) in [4.78, 5) is 22.4. The van der Waals surface area contributed by atoms with Crippen LogP contribution >= 0.6 is 0 Å². The number of rotatable bonds is 4. The van der Waals surface area contributed by atoms with Crippen molar-refractivity contribution in [3.63, 3.8) is 0 Å². The van der Waals surface area contributed by atoms with Crippen LogP contribution in [0.4, 0.5) is 5.69 Å². The Morgan fingerprint density at radius 2 is 2.17 bits per heavy atom. The van der Waals surface area contributed by atoms with Gasteiger partial charge in [-0.05, 0) is 30.4 Å². The van der Waals surface area contributed by atoms with Gasteiger partial charge in [-0.2, -0.15) is 0 Å². The van der Waals surface area contributed by atoms with E-state index in [1.165, 1.54) is 6.07 Å². The zero-order valence-corrected chi connectivity index (χ0v) is 14.2. The predicted molar refractivity (Wildman–Crippen MR) is 89.0 cm³/mol. The summed E-state index contributed by atoms with van der Waals surface area (Å²) in [7, 11) is 0. The van der Waals surface area contributed by atoms with Gasteiger partial charge < -0.3 is 15.2 Å². The van der Waals surface area contributed by atoms with E-state index in [4.69, 9.17) is 4.74 Å². The van der Waals surface area contributed by atoms with Crippen molar-refractivity contribution in [3.8, 4) is 5.75 Å². The van der Waals surface area contributed by atoms with Crippen molar-refractivity contribution < 1.29 is 19.6 Å². The molecule has 1 aliphatic rings. The van der Waals surface area contributed by atoms with E-state index in [0.29, 0.717) is 6.54 Å². The van der Waals surface area contributed by atoms with Crippen LogP contribution in [0.1, 0.15) is 44.0 Å². The molecule has 7 nitrogen and oxygen atoms in total. The number of nitro benzene ring substituents is 1. The SMILES string of the molecule is CC(C)(C)[C@@H]1OCCC[C@@H]1CNC(=O)c1ccc(O)c([N+](=O)[O-])c1. The Morgan fingerprint density at radius 3 is 2.79 bits per heavy atom. The Morgan fingerprint density at radius 1 is 1.46 bits per heavy atom. The minimum Gasteiger partial charge on any atom is -0.502 e. The van der Waals surface area contributed by atoms with Crippen LogP contribution in [0, 0.1) is 21.4 Å². The van der Waals surface area contributed by atoms with Gasteiger partial charge in [-0.15, -0.1) is 0 Å². The molecule has 1 heterocycles. The predicted octanol–water partition coefficient (Wildman–Crippen LogP) is 2.87. The van der Waals surface area contributed by atoms with Gasteiger partial charge in [-0.25, -0.2) is 0 Å². The number of nitro groups is 1. The van der Waals surface area contributed by atoms with Crippen molar-refractivity contribution in [2.24, 2.45) is 11.3 Å². The summed E-state index contributed by atoms with van der Waals surface area (Å²) in [5.41, 5.74) is -0.340. The third-order valence-corrected chi connectivity index (χ3v) is 4.26. The first kappa shape index (κ1) is 18.2. The third-order valence-electron chi connectivity index (χ3n) is 4.26. The molecule has 0 saturated carbocycles. The van der Waals surface area contributed by atoms with E-state index in [9.17, 15) is 20.0 Å². The maximum absolute atomic E-state index is 12.3. The fraction of sp³-hybridized carbons (Fsp3) is 0.588. The molecule has 24 heavy (non-hydrogen) atoms.